The van der Waals surface area contributed by atoms with Crippen molar-refractivity contribution >= 4 is 17.5 Å². The molecule has 0 fully saturated rings. The third-order valence-corrected chi connectivity index (χ3v) is 3.06. The van der Waals surface area contributed by atoms with Crippen molar-refractivity contribution in [2.24, 2.45) is 5.73 Å². The molecule has 0 radical (unpaired) electrons. The summed E-state index contributed by atoms with van der Waals surface area (Å²) < 4.78 is 5.46. The van der Waals surface area contributed by atoms with Gasteiger partial charge in [-0.05, 0) is 30.7 Å². The summed E-state index contributed by atoms with van der Waals surface area (Å²) in [6.07, 6.45) is -0.665. The standard InChI is InChI=1S/C15H14ClNO2/c1-10(15(17)18)19-12-6-4-5-11(9-12)13-7-2-3-8-14(13)16/h2-10H,1H3,(H2,17,18). The summed E-state index contributed by atoms with van der Waals surface area (Å²) in [5.41, 5.74) is 7.02. The van der Waals surface area contributed by atoms with Crippen LogP contribution in [0.2, 0.25) is 5.02 Å². The summed E-state index contributed by atoms with van der Waals surface area (Å²) >= 11 is 6.15. The van der Waals surface area contributed by atoms with Gasteiger partial charge in [0, 0.05) is 10.6 Å². The van der Waals surface area contributed by atoms with Crippen LogP contribution in [0.4, 0.5) is 0 Å². The van der Waals surface area contributed by atoms with E-state index >= 15 is 0 Å². The zero-order chi connectivity index (χ0) is 13.8. The van der Waals surface area contributed by atoms with Gasteiger partial charge < -0.3 is 10.5 Å². The highest BCUT2D eigenvalue weighted by Crippen LogP contribution is 2.30. The maximum atomic E-state index is 11.0. The Labute approximate surface area is 117 Å². The van der Waals surface area contributed by atoms with E-state index in [0.29, 0.717) is 10.8 Å². The Morgan fingerprint density at radius 1 is 1.21 bits per heavy atom. The number of ether oxygens (including phenoxy) is 1. The van der Waals surface area contributed by atoms with Gasteiger partial charge in [-0.3, -0.25) is 4.79 Å². The molecule has 2 aromatic rings. The lowest BCUT2D eigenvalue weighted by atomic mass is 10.1. The van der Waals surface area contributed by atoms with Crippen molar-refractivity contribution in [1.82, 2.24) is 0 Å². The van der Waals surface area contributed by atoms with Crippen LogP contribution in [0.25, 0.3) is 11.1 Å². The van der Waals surface area contributed by atoms with Gasteiger partial charge in [0.25, 0.3) is 5.91 Å². The number of carbonyl (C=O) groups excluding carboxylic acids is 1. The fraction of sp³-hybridized carbons (Fsp3) is 0.133. The van der Waals surface area contributed by atoms with Gasteiger partial charge in [0.2, 0.25) is 0 Å². The van der Waals surface area contributed by atoms with Crippen molar-refractivity contribution in [1.29, 1.82) is 0 Å². The molecule has 0 saturated heterocycles. The van der Waals surface area contributed by atoms with Gasteiger partial charge in [0.05, 0.1) is 0 Å². The molecule has 3 nitrogen and oxygen atoms in total. The summed E-state index contributed by atoms with van der Waals surface area (Å²) in [6.45, 7) is 1.62. The smallest absolute Gasteiger partial charge is 0.258 e. The van der Waals surface area contributed by atoms with E-state index in [-0.39, 0.29) is 0 Å². The number of hydrogen-bond acceptors (Lipinski definition) is 2. The van der Waals surface area contributed by atoms with Crippen LogP contribution in [-0.4, -0.2) is 12.0 Å². The van der Waals surface area contributed by atoms with Crippen molar-refractivity contribution in [3.63, 3.8) is 0 Å². The highest BCUT2D eigenvalue weighted by Gasteiger charge is 2.11. The fourth-order valence-electron chi connectivity index (χ4n) is 1.69. The van der Waals surface area contributed by atoms with Crippen molar-refractivity contribution in [2.75, 3.05) is 0 Å². The molecule has 0 heterocycles. The summed E-state index contributed by atoms with van der Waals surface area (Å²) in [4.78, 5) is 11.0. The third-order valence-electron chi connectivity index (χ3n) is 2.73. The normalized spacial score (nSPS) is 11.9. The van der Waals surface area contributed by atoms with Crippen molar-refractivity contribution in [2.45, 2.75) is 13.0 Å². The van der Waals surface area contributed by atoms with E-state index in [9.17, 15) is 4.79 Å². The molecule has 19 heavy (non-hydrogen) atoms. The van der Waals surface area contributed by atoms with Crippen molar-refractivity contribution in [3.05, 3.63) is 53.6 Å². The summed E-state index contributed by atoms with van der Waals surface area (Å²) in [6, 6.07) is 14.9. The highest BCUT2D eigenvalue weighted by atomic mass is 35.5. The maximum Gasteiger partial charge on any atom is 0.258 e. The first-order valence-electron chi connectivity index (χ1n) is 5.89. The minimum atomic E-state index is -0.665. The van der Waals surface area contributed by atoms with Crippen molar-refractivity contribution < 1.29 is 9.53 Å². The first kappa shape index (κ1) is 13.4. The topological polar surface area (TPSA) is 52.3 Å². The van der Waals surface area contributed by atoms with Crippen LogP contribution in [0.3, 0.4) is 0 Å². The second kappa shape index (κ2) is 5.76. The van der Waals surface area contributed by atoms with E-state index in [1.54, 1.807) is 13.0 Å². The first-order valence-corrected chi connectivity index (χ1v) is 6.26. The predicted molar refractivity (Wildman–Crippen MR) is 76.2 cm³/mol. The molecule has 1 amide bonds. The molecule has 0 aromatic heterocycles. The lowest BCUT2D eigenvalue weighted by Crippen LogP contribution is -2.30. The van der Waals surface area contributed by atoms with E-state index in [2.05, 4.69) is 0 Å². The number of amides is 1. The number of rotatable bonds is 4. The van der Waals surface area contributed by atoms with Gasteiger partial charge in [0.15, 0.2) is 6.10 Å². The quantitative estimate of drug-likeness (QED) is 0.931. The van der Waals surface area contributed by atoms with E-state index in [4.69, 9.17) is 22.1 Å². The van der Waals surface area contributed by atoms with E-state index in [1.165, 1.54) is 0 Å². The van der Waals surface area contributed by atoms with Gasteiger partial charge in [-0.15, -0.1) is 0 Å². The monoisotopic (exact) mass is 275 g/mol. The molecule has 4 heteroatoms. The van der Waals surface area contributed by atoms with Gasteiger partial charge in [-0.1, -0.05) is 41.9 Å². The maximum absolute atomic E-state index is 11.0. The molecule has 1 unspecified atom stereocenters. The average molecular weight is 276 g/mol. The van der Waals surface area contributed by atoms with E-state index in [1.807, 2.05) is 42.5 Å². The Hall–Kier alpha value is -2.00. The van der Waals surface area contributed by atoms with Crippen molar-refractivity contribution in [3.8, 4) is 16.9 Å². The second-order valence-corrected chi connectivity index (χ2v) is 4.58. The Morgan fingerprint density at radius 2 is 1.95 bits per heavy atom. The third kappa shape index (κ3) is 3.26. The number of benzene rings is 2. The molecule has 0 saturated carbocycles. The minimum absolute atomic E-state index is 0.497. The number of halogens is 1. The molecule has 0 bridgehead atoms. The molecule has 0 aliphatic rings. The lowest BCUT2D eigenvalue weighted by Gasteiger charge is -2.12. The fourth-order valence-corrected chi connectivity index (χ4v) is 1.94. The van der Waals surface area contributed by atoms with Crippen LogP contribution >= 0.6 is 11.6 Å². The van der Waals surface area contributed by atoms with Crippen LogP contribution in [0, 0.1) is 0 Å². The Balaban J connectivity index is 2.30. The zero-order valence-corrected chi connectivity index (χ0v) is 11.2. The SMILES string of the molecule is CC(Oc1cccc(-c2ccccc2Cl)c1)C(N)=O. The average Bonchev–Trinajstić information content (AvgIpc) is 2.39. The number of hydrogen-bond donors (Lipinski definition) is 1. The van der Waals surface area contributed by atoms with Gasteiger partial charge in [-0.2, -0.15) is 0 Å². The Kier molecular flexibility index (Phi) is 4.07. The molecule has 2 N–H and O–H groups in total. The summed E-state index contributed by atoms with van der Waals surface area (Å²) in [5, 5.41) is 0.669. The molecule has 0 aliphatic heterocycles. The van der Waals surface area contributed by atoms with Crippen LogP contribution in [0.15, 0.2) is 48.5 Å². The van der Waals surface area contributed by atoms with E-state index < -0.39 is 12.0 Å². The summed E-state index contributed by atoms with van der Waals surface area (Å²) in [5.74, 6) is 0.0897. The molecule has 0 aliphatic carbocycles. The van der Waals surface area contributed by atoms with Gasteiger partial charge in [-0.25, -0.2) is 0 Å². The molecule has 2 rings (SSSR count). The summed E-state index contributed by atoms with van der Waals surface area (Å²) in [7, 11) is 0. The molecular weight excluding hydrogens is 262 g/mol. The Bertz CT molecular complexity index is 598. The van der Waals surface area contributed by atoms with Gasteiger partial charge in [0.1, 0.15) is 5.75 Å². The van der Waals surface area contributed by atoms with Crippen LogP contribution in [0.1, 0.15) is 6.92 Å². The second-order valence-electron chi connectivity index (χ2n) is 4.17. The largest absolute Gasteiger partial charge is 0.481 e. The van der Waals surface area contributed by atoms with Crippen LogP contribution in [0.5, 0.6) is 5.75 Å². The Morgan fingerprint density at radius 3 is 2.63 bits per heavy atom. The van der Waals surface area contributed by atoms with Crippen LogP contribution < -0.4 is 10.5 Å². The predicted octanol–water partition coefficient (Wildman–Crippen LogP) is 3.26. The number of primary amides is 1. The van der Waals surface area contributed by atoms with Crippen LogP contribution in [-0.2, 0) is 4.79 Å². The lowest BCUT2D eigenvalue weighted by molar-refractivity contribution is -0.123. The molecule has 0 spiro atoms. The molecular formula is C15H14ClNO2. The minimum Gasteiger partial charge on any atom is -0.481 e. The first-order chi connectivity index (χ1) is 9.08. The highest BCUT2D eigenvalue weighted by molar-refractivity contribution is 6.33. The molecule has 2 aromatic carbocycles. The zero-order valence-electron chi connectivity index (χ0n) is 10.5. The molecule has 98 valence electrons. The van der Waals surface area contributed by atoms with Gasteiger partial charge >= 0.3 is 0 Å². The van der Waals surface area contributed by atoms with E-state index in [0.717, 1.165) is 11.1 Å². The number of nitrogens with two attached hydrogens (primary N) is 1. The molecule has 1 atom stereocenters. The number of carbonyl (C=O) groups is 1.